The van der Waals surface area contributed by atoms with Crippen molar-refractivity contribution in [1.82, 2.24) is 0 Å². The zero-order valence-corrected chi connectivity index (χ0v) is 12.2. The molecule has 1 aliphatic rings. The summed E-state index contributed by atoms with van der Waals surface area (Å²) in [6, 6.07) is 6.29. The van der Waals surface area contributed by atoms with Gasteiger partial charge in [-0.2, -0.15) is 0 Å². The second-order valence-corrected chi connectivity index (χ2v) is 5.58. The van der Waals surface area contributed by atoms with E-state index in [4.69, 9.17) is 0 Å². The van der Waals surface area contributed by atoms with Crippen molar-refractivity contribution in [2.45, 2.75) is 40.0 Å². The molecule has 0 saturated carbocycles. The molecule has 0 unspecified atom stereocenters. The lowest BCUT2D eigenvalue weighted by Crippen LogP contribution is -2.22. The standard InChI is InChI=1S/C16H24N2O/c1-4-5-9-18-10-8-13-6-7-14(11-15(13)18)17-16(19)12(2)3/h6-7,11-12H,4-5,8-10H2,1-3H3,(H,17,19). The van der Waals surface area contributed by atoms with Crippen LogP contribution in [-0.4, -0.2) is 19.0 Å². The quantitative estimate of drug-likeness (QED) is 0.879. The molecular formula is C16H24N2O. The van der Waals surface area contributed by atoms with E-state index in [9.17, 15) is 4.79 Å². The molecular weight excluding hydrogens is 236 g/mol. The second-order valence-electron chi connectivity index (χ2n) is 5.58. The predicted molar refractivity (Wildman–Crippen MR) is 80.7 cm³/mol. The number of rotatable bonds is 5. The van der Waals surface area contributed by atoms with Gasteiger partial charge in [0, 0.05) is 30.4 Å². The summed E-state index contributed by atoms with van der Waals surface area (Å²) in [5.41, 5.74) is 3.62. The van der Waals surface area contributed by atoms with Gasteiger partial charge in [0.25, 0.3) is 0 Å². The Morgan fingerprint density at radius 1 is 1.42 bits per heavy atom. The van der Waals surface area contributed by atoms with Gasteiger partial charge in [0.1, 0.15) is 0 Å². The molecule has 0 saturated heterocycles. The minimum Gasteiger partial charge on any atom is -0.371 e. The Morgan fingerprint density at radius 3 is 2.89 bits per heavy atom. The van der Waals surface area contributed by atoms with Crippen molar-refractivity contribution in [2.24, 2.45) is 5.92 Å². The minimum absolute atomic E-state index is 0.0180. The van der Waals surface area contributed by atoms with Crippen LogP contribution in [0.4, 0.5) is 11.4 Å². The minimum atomic E-state index is 0.0180. The van der Waals surface area contributed by atoms with Gasteiger partial charge in [0.2, 0.25) is 5.91 Å². The van der Waals surface area contributed by atoms with E-state index in [2.05, 4.69) is 29.3 Å². The van der Waals surface area contributed by atoms with Crippen LogP contribution >= 0.6 is 0 Å². The fourth-order valence-electron chi connectivity index (χ4n) is 2.39. The summed E-state index contributed by atoms with van der Waals surface area (Å²) in [5.74, 6) is 0.0995. The molecule has 1 amide bonds. The van der Waals surface area contributed by atoms with E-state index in [1.54, 1.807) is 0 Å². The van der Waals surface area contributed by atoms with Crippen molar-refractivity contribution in [1.29, 1.82) is 0 Å². The van der Waals surface area contributed by atoms with Gasteiger partial charge in [0.15, 0.2) is 0 Å². The highest BCUT2D eigenvalue weighted by atomic mass is 16.1. The number of nitrogens with zero attached hydrogens (tertiary/aromatic N) is 1. The van der Waals surface area contributed by atoms with Crippen molar-refractivity contribution in [2.75, 3.05) is 23.3 Å². The molecule has 104 valence electrons. The Labute approximate surface area is 116 Å². The molecule has 0 spiro atoms. The summed E-state index contributed by atoms with van der Waals surface area (Å²) in [4.78, 5) is 14.2. The van der Waals surface area contributed by atoms with Gasteiger partial charge < -0.3 is 10.2 Å². The van der Waals surface area contributed by atoms with E-state index in [0.29, 0.717) is 0 Å². The molecule has 1 N–H and O–H groups in total. The van der Waals surface area contributed by atoms with Crippen molar-refractivity contribution in [3.05, 3.63) is 23.8 Å². The van der Waals surface area contributed by atoms with Crippen LogP contribution < -0.4 is 10.2 Å². The van der Waals surface area contributed by atoms with Crippen LogP contribution in [0.1, 0.15) is 39.2 Å². The average Bonchev–Trinajstić information content (AvgIpc) is 2.78. The molecule has 0 fully saturated rings. The Hall–Kier alpha value is -1.51. The Balaban J connectivity index is 2.11. The van der Waals surface area contributed by atoms with Crippen molar-refractivity contribution in [3.63, 3.8) is 0 Å². The molecule has 2 rings (SSSR count). The summed E-state index contributed by atoms with van der Waals surface area (Å²) in [7, 11) is 0. The Kier molecular flexibility index (Phi) is 4.46. The molecule has 0 atom stereocenters. The number of hydrogen-bond donors (Lipinski definition) is 1. The number of carbonyl (C=O) groups excluding carboxylic acids is 1. The highest BCUT2D eigenvalue weighted by Gasteiger charge is 2.19. The maximum atomic E-state index is 11.7. The largest absolute Gasteiger partial charge is 0.371 e. The first-order chi connectivity index (χ1) is 9.11. The highest BCUT2D eigenvalue weighted by Crippen LogP contribution is 2.31. The van der Waals surface area contributed by atoms with Gasteiger partial charge in [-0.05, 0) is 30.5 Å². The molecule has 0 aliphatic carbocycles. The molecule has 1 heterocycles. The fourth-order valence-corrected chi connectivity index (χ4v) is 2.39. The second kappa shape index (κ2) is 6.09. The lowest BCUT2D eigenvalue weighted by molar-refractivity contribution is -0.118. The maximum absolute atomic E-state index is 11.7. The van der Waals surface area contributed by atoms with Gasteiger partial charge >= 0.3 is 0 Å². The van der Waals surface area contributed by atoms with Gasteiger partial charge in [0.05, 0.1) is 0 Å². The SMILES string of the molecule is CCCCN1CCc2ccc(NC(=O)C(C)C)cc21. The first-order valence-corrected chi connectivity index (χ1v) is 7.30. The Bertz CT molecular complexity index is 454. The lowest BCUT2D eigenvalue weighted by Gasteiger charge is -2.19. The molecule has 3 nitrogen and oxygen atoms in total. The van der Waals surface area contributed by atoms with Gasteiger partial charge in [-0.15, -0.1) is 0 Å². The zero-order chi connectivity index (χ0) is 13.8. The highest BCUT2D eigenvalue weighted by molar-refractivity contribution is 5.92. The molecule has 1 aliphatic heterocycles. The molecule has 0 bridgehead atoms. The number of carbonyl (C=O) groups is 1. The third kappa shape index (κ3) is 3.28. The number of fused-ring (bicyclic) bond motifs is 1. The molecule has 0 aromatic heterocycles. The first kappa shape index (κ1) is 13.9. The molecule has 19 heavy (non-hydrogen) atoms. The van der Waals surface area contributed by atoms with Gasteiger partial charge in [-0.3, -0.25) is 4.79 Å². The number of unbranched alkanes of at least 4 members (excludes halogenated alkanes) is 1. The molecule has 1 aromatic carbocycles. The van der Waals surface area contributed by atoms with Crippen molar-refractivity contribution >= 4 is 17.3 Å². The van der Waals surface area contributed by atoms with Crippen molar-refractivity contribution in [3.8, 4) is 0 Å². The van der Waals surface area contributed by atoms with Gasteiger partial charge in [-0.1, -0.05) is 33.3 Å². The van der Waals surface area contributed by atoms with Crippen LogP contribution in [0.15, 0.2) is 18.2 Å². The van der Waals surface area contributed by atoms with Crippen molar-refractivity contribution < 1.29 is 4.79 Å². The van der Waals surface area contributed by atoms with Crippen LogP contribution in [0.3, 0.4) is 0 Å². The number of hydrogen-bond acceptors (Lipinski definition) is 2. The van der Waals surface area contributed by atoms with E-state index < -0.39 is 0 Å². The predicted octanol–water partition coefficient (Wildman–Crippen LogP) is 3.44. The van der Waals surface area contributed by atoms with Crippen LogP contribution in [0, 0.1) is 5.92 Å². The van der Waals surface area contributed by atoms with Gasteiger partial charge in [-0.25, -0.2) is 0 Å². The van der Waals surface area contributed by atoms with E-state index in [0.717, 1.165) is 25.2 Å². The fraction of sp³-hybridized carbons (Fsp3) is 0.562. The summed E-state index contributed by atoms with van der Waals surface area (Å²) in [6.07, 6.45) is 3.56. The van der Waals surface area contributed by atoms with E-state index >= 15 is 0 Å². The first-order valence-electron chi connectivity index (χ1n) is 7.30. The summed E-state index contributed by atoms with van der Waals surface area (Å²) >= 11 is 0. The number of nitrogens with one attached hydrogen (secondary N) is 1. The van der Waals surface area contributed by atoms with Crippen LogP contribution in [-0.2, 0) is 11.2 Å². The molecule has 1 aromatic rings. The summed E-state index contributed by atoms with van der Waals surface area (Å²) in [6.45, 7) is 8.27. The number of anilines is 2. The monoisotopic (exact) mass is 260 g/mol. The molecule has 0 radical (unpaired) electrons. The molecule has 3 heteroatoms. The smallest absolute Gasteiger partial charge is 0.226 e. The number of amides is 1. The van der Waals surface area contributed by atoms with Crippen LogP contribution in [0.2, 0.25) is 0 Å². The van der Waals surface area contributed by atoms with Crippen LogP contribution in [0.25, 0.3) is 0 Å². The number of benzene rings is 1. The van der Waals surface area contributed by atoms with E-state index in [1.165, 1.54) is 24.1 Å². The third-order valence-electron chi connectivity index (χ3n) is 3.65. The summed E-state index contributed by atoms with van der Waals surface area (Å²) in [5, 5.41) is 2.98. The Morgan fingerprint density at radius 2 is 2.21 bits per heavy atom. The van der Waals surface area contributed by atoms with E-state index in [1.807, 2.05) is 19.9 Å². The average molecular weight is 260 g/mol. The summed E-state index contributed by atoms with van der Waals surface area (Å²) < 4.78 is 0. The normalized spacial score (nSPS) is 13.8. The third-order valence-corrected chi connectivity index (χ3v) is 3.65. The zero-order valence-electron chi connectivity index (χ0n) is 12.2. The maximum Gasteiger partial charge on any atom is 0.226 e. The lowest BCUT2D eigenvalue weighted by atomic mass is 10.1. The topological polar surface area (TPSA) is 32.3 Å². The van der Waals surface area contributed by atoms with E-state index in [-0.39, 0.29) is 11.8 Å². The van der Waals surface area contributed by atoms with Crippen LogP contribution in [0.5, 0.6) is 0 Å².